The number of nitrogens with one attached hydrogen (secondary N) is 1. The van der Waals surface area contributed by atoms with Crippen molar-refractivity contribution in [2.75, 3.05) is 6.61 Å². The first kappa shape index (κ1) is 33.2. The zero-order chi connectivity index (χ0) is 31.0. The van der Waals surface area contributed by atoms with E-state index in [4.69, 9.17) is 4.74 Å². The lowest BCUT2D eigenvalue weighted by atomic mass is 9.90. The van der Waals surface area contributed by atoms with Crippen LogP contribution < -0.4 is 10.1 Å². The molecule has 9 heteroatoms. The van der Waals surface area contributed by atoms with E-state index in [9.17, 15) is 14.7 Å². The van der Waals surface area contributed by atoms with Crippen molar-refractivity contribution < 1.29 is 23.8 Å². The number of carbonyl (C=O) groups is 2. The molecule has 0 aliphatic heterocycles. The Morgan fingerprint density at radius 3 is 2.45 bits per heavy atom. The molecule has 1 aromatic heterocycles. The van der Waals surface area contributed by atoms with Crippen LogP contribution in [0.15, 0.2) is 36.4 Å². The number of carboxylic acids is 1. The van der Waals surface area contributed by atoms with Gasteiger partial charge in [-0.3, -0.25) is 9.36 Å². The maximum atomic E-state index is 15.6. The van der Waals surface area contributed by atoms with Gasteiger partial charge in [0.25, 0.3) is 6.01 Å². The third-order valence-corrected chi connectivity index (χ3v) is 7.86. The molecule has 0 aliphatic carbocycles. The number of hydrogen-bond acceptors (Lipinski definition) is 5. The molecule has 0 radical (unpaired) electrons. The van der Waals surface area contributed by atoms with Crippen molar-refractivity contribution >= 4 is 24.5 Å². The predicted molar refractivity (Wildman–Crippen MR) is 168 cm³/mol. The number of amides is 1. The third kappa shape index (κ3) is 8.15. The normalized spacial score (nSPS) is 12.8. The maximum absolute atomic E-state index is 15.6. The smallest absolute Gasteiger partial charge is 0.336 e. The van der Waals surface area contributed by atoms with Gasteiger partial charge < -0.3 is 15.2 Å². The first-order valence-corrected chi connectivity index (χ1v) is 15.3. The molecule has 0 saturated heterocycles. The minimum Gasteiger partial charge on any atom is -0.478 e. The largest absolute Gasteiger partial charge is 0.478 e. The quantitative estimate of drug-likeness (QED) is 0.160. The molecule has 1 amide bonds. The van der Waals surface area contributed by atoms with Crippen LogP contribution in [0.25, 0.3) is 11.1 Å². The molecule has 2 unspecified atom stereocenters. The predicted octanol–water partition coefficient (Wildman–Crippen LogP) is 7.26. The lowest BCUT2D eigenvalue weighted by Gasteiger charge is -2.17. The SMILES string of the molecule is CCCC(C)c1ccc(-c2ccc(Cn3c(OCC)nc(CC)c3CNC(=O)C(S)CC(C)C)c(F)c2)c(C(=O)O)c1. The number of imidazole rings is 1. The molecule has 0 saturated carbocycles. The number of aromatic carboxylic acids is 1. The van der Waals surface area contributed by atoms with Crippen LogP contribution in [0.5, 0.6) is 6.01 Å². The van der Waals surface area contributed by atoms with Crippen molar-refractivity contribution in [3.05, 3.63) is 70.3 Å². The van der Waals surface area contributed by atoms with E-state index < -0.39 is 17.0 Å². The van der Waals surface area contributed by atoms with Gasteiger partial charge in [0.1, 0.15) is 5.82 Å². The minimum atomic E-state index is -1.05. The van der Waals surface area contributed by atoms with Crippen LogP contribution in [0.1, 0.15) is 99.6 Å². The van der Waals surface area contributed by atoms with Crippen LogP contribution in [0.4, 0.5) is 4.39 Å². The van der Waals surface area contributed by atoms with Crippen LogP contribution in [-0.2, 0) is 24.3 Å². The van der Waals surface area contributed by atoms with Crippen LogP contribution in [0.2, 0.25) is 0 Å². The fourth-order valence-electron chi connectivity index (χ4n) is 5.15. The Hall–Kier alpha value is -3.33. The molecule has 0 bridgehead atoms. The molecule has 2 atom stereocenters. The number of nitrogens with zero attached hydrogens (tertiary/aromatic N) is 2. The summed E-state index contributed by atoms with van der Waals surface area (Å²) in [6.45, 7) is 12.8. The molecule has 228 valence electrons. The van der Waals surface area contributed by atoms with Crippen LogP contribution in [0.3, 0.4) is 0 Å². The summed E-state index contributed by atoms with van der Waals surface area (Å²) < 4.78 is 23.2. The summed E-state index contributed by atoms with van der Waals surface area (Å²) in [5.74, 6) is -1.12. The molecule has 0 spiro atoms. The van der Waals surface area contributed by atoms with Gasteiger partial charge in [0.15, 0.2) is 0 Å². The number of aromatic nitrogens is 2. The first-order chi connectivity index (χ1) is 20.0. The zero-order valence-electron chi connectivity index (χ0n) is 25.5. The number of ether oxygens (including phenoxy) is 1. The van der Waals surface area contributed by atoms with Crippen molar-refractivity contribution in [1.29, 1.82) is 0 Å². The molecule has 1 heterocycles. The molecule has 3 rings (SSSR count). The Kier molecular flexibility index (Phi) is 12.0. The molecule has 7 nitrogen and oxygen atoms in total. The number of aryl methyl sites for hydroxylation is 1. The average molecular weight is 598 g/mol. The van der Waals surface area contributed by atoms with Gasteiger partial charge >= 0.3 is 5.97 Å². The van der Waals surface area contributed by atoms with Crippen LogP contribution in [0, 0.1) is 11.7 Å². The topological polar surface area (TPSA) is 93.5 Å². The van der Waals surface area contributed by atoms with E-state index in [1.54, 1.807) is 28.8 Å². The third-order valence-electron chi connectivity index (χ3n) is 7.41. The Bertz CT molecular complexity index is 1390. The second-order valence-electron chi connectivity index (χ2n) is 11.1. The molecule has 42 heavy (non-hydrogen) atoms. The lowest BCUT2D eigenvalue weighted by molar-refractivity contribution is -0.121. The van der Waals surface area contributed by atoms with Crippen molar-refractivity contribution in [3.8, 4) is 17.1 Å². The Morgan fingerprint density at radius 2 is 1.86 bits per heavy atom. The van der Waals surface area contributed by atoms with E-state index in [0.717, 1.165) is 29.8 Å². The molecule has 0 aliphatic rings. The number of carboxylic acid groups (broad SMARTS) is 1. The van der Waals surface area contributed by atoms with Crippen LogP contribution in [-0.4, -0.2) is 38.4 Å². The van der Waals surface area contributed by atoms with E-state index >= 15 is 4.39 Å². The summed E-state index contributed by atoms with van der Waals surface area (Å²) in [5.41, 5.74) is 3.97. The van der Waals surface area contributed by atoms with Crippen molar-refractivity contribution in [2.24, 2.45) is 5.92 Å². The van der Waals surface area contributed by atoms with Crippen LogP contribution >= 0.6 is 12.6 Å². The summed E-state index contributed by atoms with van der Waals surface area (Å²) >= 11 is 4.46. The molecule has 2 N–H and O–H groups in total. The van der Waals surface area contributed by atoms with Gasteiger partial charge in [0.05, 0.1) is 41.9 Å². The van der Waals surface area contributed by atoms with E-state index in [1.165, 1.54) is 6.07 Å². The van der Waals surface area contributed by atoms with Crippen molar-refractivity contribution in [1.82, 2.24) is 14.9 Å². The Balaban J connectivity index is 1.94. The van der Waals surface area contributed by atoms with Crippen molar-refractivity contribution in [2.45, 2.75) is 91.5 Å². The van der Waals surface area contributed by atoms with Gasteiger partial charge in [-0.25, -0.2) is 9.18 Å². The van der Waals surface area contributed by atoms with Gasteiger partial charge in [-0.05, 0) is 66.8 Å². The second-order valence-corrected chi connectivity index (χ2v) is 11.8. The molecular weight excluding hydrogens is 553 g/mol. The highest BCUT2D eigenvalue weighted by Crippen LogP contribution is 2.31. The fourth-order valence-corrected chi connectivity index (χ4v) is 5.66. The molecule has 3 aromatic rings. The molecular formula is C33H44FN3O4S. The van der Waals surface area contributed by atoms with Gasteiger partial charge in [-0.1, -0.05) is 65.3 Å². The summed E-state index contributed by atoms with van der Waals surface area (Å²) in [4.78, 5) is 29.5. The molecule has 2 aromatic carbocycles. The standard InChI is InChI=1S/C33H44FN3O4S/c1-7-10-21(6)22-13-14-25(26(16-22)32(39)40)23-11-12-24(27(34)17-23)19-37-29(28(8-2)36-33(37)41-9-3)18-35-31(38)30(42)15-20(4)5/h11-14,16-17,20-21,30,42H,7-10,15,18-19H2,1-6H3,(H,35,38)(H,39,40). The fraction of sp³-hybridized carbons (Fsp3) is 0.485. The maximum Gasteiger partial charge on any atom is 0.336 e. The van der Waals surface area contributed by atoms with Gasteiger partial charge in [-0.15, -0.1) is 0 Å². The number of thiol groups is 1. The number of benzene rings is 2. The van der Waals surface area contributed by atoms with E-state index in [-0.39, 0.29) is 30.5 Å². The number of hydrogen-bond donors (Lipinski definition) is 3. The van der Waals surface area contributed by atoms with E-state index in [2.05, 4.69) is 36.8 Å². The number of carbonyl (C=O) groups excluding carboxylic acids is 1. The monoisotopic (exact) mass is 597 g/mol. The van der Waals surface area contributed by atoms with Gasteiger partial charge in [0, 0.05) is 5.56 Å². The van der Waals surface area contributed by atoms with Crippen molar-refractivity contribution in [3.63, 3.8) is 0 Å². The summed E-state index contributed by atoms with van der Waals surface area (Å²) in [7, 11) is 0. The molecule has 0 fully saturated rings. The minimum absolute atomic E-state index is 0.134. The highest BCUT2D eigenvalue weighted by atomic mass is 32.1. The second kappa shape index (κ2) is 15.2. The van der Waals surface area contributed by atoms with Gasteiger partial charge in [0.2, 0.25) is 5.91 Å². The Labute approximate surface area is 254 Å². The summed E-state index contributed by atoms with van der Waals surface area (Å²) in [5, 5.41) is 12.5. The summed E-state index contributed by atoms with van der Waals surface area (Å²) in [6.07, 6.45) is 3.22. The highest BCUT2D eigenvalue weighted by Gasteiger charge is 2.22. The first-order valence-electron chi connectivity index (χ1n) is 14.8. The summed E-state index contributed by atoms with van der Waals surface area (Å²) in [6, 6.07) is 10.5. The van der Waals surface area contributed by atoms with Gasteiger partial charge in [-0.2, -0.15) is 17.6 Å². The average Bonchev–Trinajstić information content (AvgIpc) is 3.27. The van der Waals surface area contributed by atoms with E-state index in [1.807, 2.05) is 33.8 Å². The number of rotatable bonds is 15. The zero-order valence-corrected chi connectivity index (χ0v) is 26.4. The lowest BCUT2D eigenvalue weighted by Crippen LogP contribution is -2.32. The highest BCUT2D eigenvalue weighted by molar-refractivity contribution is 7.81. The Morgan fingerprint density at radius 1 is 1.12 bits per heavy atom. The number of halogens is 1. The van der Waals surface area contributed by atoms with E-state index in [0.29, 0.717) is 48.1 Å².